The lowest BCUT2D eigenvalue weighted by atomic mass is 9.99. The summed E-state index contributed by atoms with van der Waals surface area (Å²) < 4.78 is 0. The number of carbonyl (C=O) groups excluding carboxylic acids is 1. The van der Waals surface area contributed by atoms with Crippen LogP contribution in [0.3, 0.4) is 0 Å². The third-order valence-corrected chi connectivity index (χ3v) is 2.52. The molecule has 0 aromatic heterocycles. The predicted octanol–water partition coefficient (Wildman–Crippen LogP) is 3.60. The highest BCUT2D eigenvalue weighted by molar-refractivity contribution is 5.93. The number of aryl methyl sites for hydroxylation is 3. The van der Waals surface area contributed by atoms with Gasteiger partial charge in [-0.3, -0.25) is 4.79 Å². The summed E-state index contributed by atoms with van der Waals surface area (Å²) in [5.41, 5.74) is 4.90. The standard InChI is InChI=1S/C14H18O/c1-5-13(15)6-7-14-11(3)8-10(2)9-12(14)4/h6-9H,5H2,1-4H3/b7-6+. The molecule has 0 amide bonds. The highest BCUT2D eigenvalue weighted by Gasteiger charge is 2.00. The molecule has 0 bridgehead atoms. The van der Waals surface area contributed by atoms with Crippen molar-refractivity contribution in [1.82, 2.24) is 0 Å². The molecule has 1 aromatic rings. The van der Waals surface area contributed by atoms with Crippen LogP contribution >= 0.6 is 0 Å². The Bertz CT molecular complexity index is 377. The Morgan fingerprint density at radius 2 is 1.73 bits per heavy atom. The van der Waals surface area contributed by atoms with Gasteiger partial charge in [0.25, 0.3) is 0 Å². The molecule has 0 atom stereocenters. The molecule has 80 valence electrons. The minimum atomic E-state index is 0.175. The Morgan fingerprint density at radius 3 is 2.20 bits per heavy atom. The molecule has 1 nitrogen and oxygen atoms in total. The first-order valence-corrected chi connectivity index (χ1v) is 5.33. The minimum Gasteiger partial charge on any atom is -0.295 e. The Labute approximate surface area is 91.8 Å². The summed E-state index contributed by atoms with van der Waals surface area (Å²) in [5.74, 6) is 0.175. The van der Waals surface area contributed by atoms with Gasteiger partial charge in [0, 0.05) is 6.42 Å². The van der Waals surface area contributed by atoms with Crippen LogP contribution in [0.4, 0.5) is 0 Å². The largest absolute Gasteiger partial charge is 0.295 e. The zero-order chi connectivity index (χ0) is 11.4. The predicted molar refractivity (Wildman–Crippen MR) is 65.0 cm³/mol. The molecule has 15 heavy (non-hydrogen) atoms. The fourth-order valence-corrected chi connectivity index (χ4v) is 1.75. The first kappa shape index (κ1) is 11.7. The van der Waals surface area contributed by atoms with Crippen molar-refractivity contribution in [1.29, 1.82) is 0 Å². The van der Waals surface area contributed by atoms with Gasteiger partial charge in [0.1, 0.15) is 0 Å². The lowest BCUT2D eigenvalue weighted by Gasteiger charge is -2.06. The molecule has 0 saturated heterocycles. The topological polar surface area (TPSA) is 17.1 Å². The molecule has 0 fully saturated rings. The Morgan fingerprint density at radius 1 is 1.20 bits per heavy atom. The van der Waals surface area contributed by atoms with Crippen molar-refractivity contribution >= 4 is 11.9 Å². The van der Waals surface area contributed by atoms with E-state index in [1.165, 1.54) is 22.3 Å². The molecule has 0 heterocycles. The molecule has 0 saturated carbocycles. The van der Waals surface area contributed by atoms with Gasteiger partial charge in [-0.25, -0.2) is 0 Å². The maximum atomic E-state index is 11.2. The van der Waals surface area contributed by atoms with Gasteiger partial charge < -0.3 is 0 Å². The molecule has 1 heteroatoms. The van der Waals surface area contributed by atoms with Gasteiger partial charge in [-0.05, 0) is 43.5 Å². The summed E-state index contributed by atoms with van der Waals surface area (Å²) in [6.45, 7) is 8.12. The van der Waals surface area contributed by atoms with Gasteiger partial charge in [0.15, 0.2) is 5.78 Å². The van der Waals surface area contributed by atoms with Crippen LogP contribution in [-0.4, -0.2) is 5.78 Å². The van der Waals surface area contributed by atoms with Crippen LogP contribution in [0.1, 0.15) is 35.6 Å². The van der Waals surface area contributed by atoms with E-state index in [1.807, 2.05) is 13.0 Å². The number of allylic oxidation sites excluding steroid dienone is 1. The Hall–Kier alpha value is -1.37. The highest BCUT2D eigenvalue weighted by Crippen LogP contribution is 2.17. The van der Waals surface area contributed by atoms with Crippen LogP contribution in [0.2, 0.25) is 0 Å². The summed E-state index contributed by atoms with van der Waals surface area (Å²) in [4.78, 5) is 11.2. The average Bonchev–Trinajstić information content (AvgIpc) is 2.15. The van der Waals surface area contributed by atoms with Crippen molar-refractivity contribution in [3.05, 3.63) is 40.5 Å². The smallest absolute Gasteiger partial charge is 0.155 e. The summed E-state index contributed by atoms with van der Waals surface area (Å²) in [6, 6.07) is 4.28. The fraction of sp³-hybridized carbons (Fsp3) is 0.357. The fourth-order valence-electron chi connectivity index (χ4n) is 1.75. The highest BCUT2D eigenvalue weighted by atomic mass is 16.1. The van der Waals surface area contributed by atoms with Crippen molar-refractivity contribution in [2.45, 2.75) is 34.1 Å². The van der Waals surface area contributed by atoms with E-state index in [1.54, 1.807) is 6.08 Å². The molecule has 0 aliphatic rings. The Kier molecular flexibility index (Phi) is 3.84. The van der Waals surface area contributed by atoms with Crippen molar-refractivity contribution in [2.75, 3.05) is 0 Å². The third kappa shape index (κ3) is 3.05. The zero-order valence-electron chi connectivity index (χ0n) is 9.92. The van der Waals surface area contributed by atoms with E-state index in [9.17, 15) is 4.79 Å². The Balaban J connectivity index is 3.05. The third-order valence-electron chi connectivity index (χ3n) is 2.52. The quantitative estimate of drug-likeness (QED) is 0.684. The van der Waals surface area contributed by atoms with Crippen LogP contribution < -0.4 is 0 Å². The van der Waals surface area contributed by atoms with Gasteiger partial charge >= 0.3 is 0 Å². The van der Waals surface area contributed by atoms with E-state index >= 15 is 0 Å². The molecule has 0 aliphatic heterocycles. The summed E-state index contributed by atoms with van der Waals surface area (Å²) in [5, 5.41) is 0. The number of benzene rings is 1. The summed E-state index contributed by atoms with van der Waals surface area (Å²) in [6.07, 6.45) is 4.17. The molecule has 1 rings (SSSR count). The monoisotopic (exact) mass is 202 g/mol. The number of hydrogen-bond acceptors (Lipinski definition) is 1. The van der Waals surface area contributed by atoms with E-state index in [2.05, 4.69) is 32.9 Å². The average molecular weight is 202 g/mol. The first-order valence-electron chi connectivity index (χ1n) is 5.33. The van der Waals surface area contributed by atoms with E-state index in [4.69, 9.17) is 0 Å². The molecular formula is C14H18O. The maximum Gasteiger partial charge on any atom is 0.155 e. The number of carbonyl (C=O) groups is 1. The number of ketones is 1. The van der Waals surface area contributed by atoms with Crippen molar-refractivity contribution in [3.8, 4) is 0 Å². The first-order chi connectivity index (χ1) is 7.04. The van der Waals surface area contributed by atoms with Crippen LogP contribution in [0, 0.1) is 20.8 Å². The minimum absolute atomic E-state index is 0.175. The van der Waals surface area contributed by atoms with Gasteiger partial charge in [0.05, 0.1) is 0 Å². The lowest BCUT2D eigenvalue weighted by molar-refractivity contribution is -0.114. The number of hydrogen-bond donors (Lipinski definition) is 0. The van der Waals surface area contributed by atoms with Crippen LogP contribution in [0.5, 0.6) is 0 Å². The second-order valence-electron chi connectivity index (χ2n) is 3.97. The van der Waals surface area contributed by atoms with Crippen molar-refractivity contribution < 1.29 is 4.79 Å². The van der Waals surface area contributed by atoms with Crippen LogP contribution in [0.25, 0.3) is 6.08 Å². The summed E-state index contributed by atoms with van der Waals surface area (Å²) in [7, 11) is 0. The van der Waals surface area contributed by atoms with Gasteiger partial charge in [-0.15, -0.1) is 0 Å². The van der Waals surface area contributed by atoms with E-state index in [-0.39, 0.29) is 5.78 Å². The number of rotatable bonds is 3. The summed E-state index contributed by atoms with van der Waals surface area (Å²) >= 11 is 0. The van der Waals surface area contributed by atoms with Gasteiger partial charge in [0.2, 0.25) is 0 Å². The van der Waals surface area contributed by atoms with Gasteiger partial charge in [-0.2, -0.15) is 0 Å². The van der Waals surface area contributed by atoms with Gasteiger partial charge in [-0.1, -0.05) is 30.7 Å². The van der Waals surface area contributed by atoms with Crippen molar-refractivity contribution in [3.63, 3.8) is 0 Å². The molecular weight excluding hydrogens is 184 g/mol. The molecule has 0 aliphatic carbocycles. The van der Waals surface area contributed by atoms with Crippen LogP contribution in [-0.2, 0) is 4.79 Å². The second-order valence-corrected chi connectivity index (χ2v) is 3.97. The molecule has 0 radical (unpaired) electrons. The molecule has 0 unspecified atom stereocenters. The van der Waals surface area contributed by atoms with E-state index < -0.39 is 0 Å². The molecule has 0 N–H and O–H groups in total. The molecule has 1 aromatic carbocycles. The van der Waals surface area contributed by atoms with E-state index in [0.29, 0.717) is 6.42 Å². The second kappa shape index (κ2) is 4.92. The normalized spacial score (nSPS) is 10.9. The van der Waals surface area contributed by atoms with Crippen LogP contribution in [0.15, 0.2) is 18.2 Å². The van der Waals surface area contributed by atoms with Crippen molar-refractivity contribution in [2.24, 2.45) is 0 Å². The lowest BCUT2D eigenvalue weighted by Crippen LogP contribution is -1.91. The molecule has 0 spiro atoms. The van der Waals surface area contributed by atoms with E-state index in [0.717, 1.165) is 0 Å². The SMILES string of the molecule is CCC(=O)/C=C/c1c(C)cc(C)cc1C. The zero-order valence-corrected chi connectivity index (χ0v) is 9.92. The maximum absolute atomic E-state index is 11.2.